The zero-order chi connectivity index (χ0) is 24.4. The van der Waals surface area contributed by atoms with Crippen molar-refractivity contribution in [3.63, 3.8) is 0 Å². The van der Waals surface area contributed by atoms with Gasteiger partial charge in [-0.3, -0.25) is 4.79 Å². The quantitative estimate of drug-likeness (QED) is 0.501. The fraction of sp³-hybridized carbons (Fsp3) is 0.500. The number of aromatic nitrogens is 4. The van der Waals surface area contributed by atoms with Crippen LogP contribution in [0.2, 0.25) is 0 Å². The molecule has 0 atom stereocenters. The summed E-state index contributed by atoms with van der Waals surface area (Å²) in [5.74, 6) is 2.40. The fourth-order valence-corrected chi connectivity index (χ4v) is 4.95. The molecule has 1 fully saturated rings. The number of carbonyl (C=O) groups excluding carboxylic acids is 1. The standard InChI is InChI=1S/C26H33N7O2/c1-17(2)33-15-21-23(25(33)34)29-26(32(3)14-13-22-27-16-35-31-22)30-24(21)28-20-11-9-19(10-12-20)18-7-5-4-6-8-18/h9-12,16-18H,4-8,13-15H2,1-3H3,(H,28,29,30). The Bertz CT molecular complexity index is 1160. The molecule has 0 bridgehead atoms. The molecular formula is C26H33N7O2. The number of fused-ring (bicyclic) bond motifs is 1. The Labute approximate surface area is 205 Å². The van der Waals surface area contributed by atoms with Crippen molar-refractivity contribution in [2.75, 3.05) is 23.8 Å². The first-order valence-electron chi connectivity index (χ1n) is 12.5. The van der Waals surface area contributed by atoms with Crippen molar-refractivity contribution in [2.24, 2.45) is 0 Å². The van der Waals surface area contributed by atoms with Crippen LogP contribution in [0, 0.1) is 0 Å². The van der Waals surface area contributed by atoms with Gasteiger partial charge in [0.25, 0.3) is 5.91 Å². The van der Waals surface area contributed by atoms with Crippen molar-refractivity contribution in [1.29, 1.82) is 0 Å². The Morgan fingerprint density at radius 3 is 2.60 bits per heavy atom. The Morgan fingerprint density at radius 2 is 1.91 bits per heavy atom. The SMILES string of the molecule is CC(C)N1Cc2c(Nc3ccc(C4CCCCC4)cc3)nc(N(C)CCc3ncon3)nc2C1=O. The number of nitrogens with zero attached hydrogens (tertiary/aromatic N) is 6. The molecule has 2 aliphatic rings. The molecule has 3 heterocycles. The molecule has 1 saturated carbocycles. The summed E-state index contributed by atoms with van der Waals surface area (Å²) in [7, 11) is 1.91. The zero-order valence-corrected chi connectivity index (χ0v) is 20.7. The maximum Gasteiger partial charge on any atom is 0.273 e. The summed E-state index contributed by atoms with van der Waals surface area (Å²) in [6.07, 6.45) is 8.46. The minimum absolute atomic E-state index is 0.0547. The molecular weight excluding hydrogens is 442 g/mol. The minimum atomic E-state index is -0.0547. The van der Waals surface area contributed by atoms with Gasteiger partial charge in [-0.15, -0.1) is 0 Å². The molecule has 9 nitrogen and oxygen atoms in total. The van der Waals surface area contributed by atoms with Gasteiger partial charge in [-0.1, -0.05) is 36.6 Å². The van der Waals surface area contributed by atoms with Crippen LogP contribution in [-0.4, -0.2) is 50.5 Å². The summed E-state index contributed by atoms with van der Waals surface area (Å²) in [5.41, 5.74) is 3.68. The van der Waals surface area contributed by atoms with Crippen molar-refractivity contribution in [2.45, 2.75) is 70.9 Å². The van der Waals surface area contributed by atoms with Crippen LogP contribution >= 0.6 is 0 Å². The Morgan fingerprint density at radius 1 is 1.14 bits per heavy atom. The van der Waals surface area contributed by atoms with Crippen LogP contribution < -0.4 is 10.2 Å². The first kappa shape index (κ1) is 23.3. The van der Waals surface area contributed by atoms with Crippen LogP contribution in [0.5, 0.6) is 0 Å². The molecule has 5 rings (SSSR count). The van der Waals surface area contributed by atoms with Gasteiger partial charge in [0, 0.05) is 37.3 Å². The molecule has 2 aromatic heterocycles. The molecule has 1 amide bonds. The smallest absolute Gasteiger partial charge is 0.273 e. The van der Waals surface area contributed by atoms with E-state index >= 15 is 0 Å². The van der Waals surface area contributed by atoms with Crippen molar-refractivity contribution >= 4 is 23.4 Å². The maximum absolute atomic E-state index is 13.1. The van der Waals surface area contributed by atoms with E-state index < -0.39 is 0 Å². The van der Waals surface area contributed by atoms with Gasteiger partial charge < -0.3 is 19.6 Å². The van der Waals surface area contributed by atoms with E-state index in [2.05, 4.69) is 44.7 Å². The first-order valence-corrected chi connectivity index (χ1v) is 12.5. The van der Waals surface area contributed by atoms with E-state index in [1.165, 1.54) is 44.1 Å². The number of carbonyl (C=O) groups is 1. The van der Waals surface area contributed by atoms with Gasteiger partial charge in [0.05, 0.1) is 6.54 Å². The normalized spacial score (nSPS) is 16.1. The lowest BCUT2D eigenvalue weighted by Gasteiger charge is -2.22. The third-order valence-electron chi connectivity index (χ3n) is 7.08. The second kappa shape index (κ2) is 10.0. The van der Waals surface area contributed by atoms with Gasteiger partial charge >= 0.3 is 0 Å². The lowest BCUT2D eigenvalue weighted by atomic mass is 9.84. The summed E-state index contributed by atoms with van der Waals surface area (Å²) in [4.78, 5) is 30.5. The van der Waals surface area contributed by atoms with Crippen molar-refractivity contribution < 1.29 is 9.32 Å². The van der Waals surface area contributed by atoms with E-state index in [0.29, 0.717) is 48.7 Å². The predicted octanol–water partition coefficient (Wildman–Crippen LogP) is 4.69. The molecule has 1 aliphatic heterocycles. The molecule has 0 unspecified atom stereocenters. The molecule has 1 aromatic carbocycles. The summed E-state index contributed by atoms with van der Waals surface area (Å²) >= 11 is 0. The first-order chi connectivity index (χ1) is 17.0. The van der Waals surface area contributed by atoms with Gasteiger partial charge in [0.1, 0.15) is 11.5 Å². The highest BCUT2D eigenvalue weighted by atomic mass is 16.5. The third kappa shape index (κ3) is 4.99. The molecule has 184 valence electrons. The summed E-state index contributed by atoms with van der Waals surface area (Å²) in [6.45, 7) is 5.13. The fourth-order valence-electron chi connectivity index (χ4n) is 4.95. The van der Waals surface area contributed by atoms with Gasteiger partial charge in [-0.05, 0) is 50.3 Å². The number of hydrogen-bond donors (Lipinski definition) is 1. The Hall–Kier alpha value is -3.49. The molecule has 3 aromatic rings. The Kier molecular flexibility index (Phi) is 6.66. The number of amides is 1. The average Bonchev–Trinajstić information content (AvgIpc) is 3.52. The number of likely N-dealkylation sites (N-methyl/N-ethyl adjacent to an activating group) is 1. The third-order valence-corrected chi connectivity index (χ3v) is 7.08. The van der Waals surface area contributed by atoms with Crippen molar-refractivity contribution in [1.82, 2.24) is 25.0 Å². The highest BCUT2D eigenvalue weighted by Gasteiger charge is 2.34. The Balaban J connectivity index is 1.40. The molecule has 35 heavy (non-hydrogen) atoms. The summed E-state index contributed by atoms with van der Waals surface area (Å²) < 4.78 is 4.82. The van der Waals surface area contributed by atoms with E-state index in [9.17, 15) is 4.79 Å². The van der Waals surface area contributed by atoms with E-state index in [1.54, 1.807) is 0 Å². The van der Waals surface area contributed by atoms with Crippen LogP contribution in [0.25, 0.3) is 0 Å². The number of anilines is 3. The lowest BCUT2D eigenvalue weighted by Crippen LogP contribution is -2.31. The monoisotopic (exact) mass is 475 g/mol. The van der Waals surface area contributed by atoms with Crippen LogP contribution in [0.15, 0.2) is 35.2 Å². The second-order valence-corrected chi connectivity index (χ2v) is 9.83. The highest BCUT2D eigenvalue weighted by Crippen LogP contribution is 2.35. The lowest BCUT2D eigenvalue weighted by molar-refractivity contribution is 0.0726. The number of benzene rings is 1. The van der Waals surface area contributed by atoms with E-state index in [-0.39, 0.29) is 11.9 Å². The number of nitrogens with one attached hydrogen (secondary N) is 1. The molecule has 0 spiro atoms. The van der Waals surface area contributed by atoms with Crippen LogP contribution in [0.4, 0.5) is 17.5 Å². The molecule has 0 saturated heterocycles. The summed E-state index contributed by atoms with van der Waals surface area (Å²) in [5, 5.41) is 7.35. The van der Waals surface area contributed by atoms with Crippen LogP contribution in [0.3, 0.4) is 0 Å². The molecule has 1 aliphatic carbocycles. The van der Waals surface area contributed by atoms with E-state index in [4.69, 9.17) is 9.51 Å². The molecule has 9 heteroatoms. The van der Waals surface area contributed by atoms with Crippen LogP contribution in [0.1, 0.15) is 79.3 Å². The van der Waals surface area contributed by atoms with E-state index in [0.717, 1.165) is 11.3 Å². The minimum Gasteiger partial charge on any atom is -0.343 e. The number of rotatable bonds is 8. The van der Waals surface area contributed by atoms with Gasteiger partial charge in [0.15, 0.2) is 5.82 Å². The molecule has 1 N–H and O–H groups in total. The van der Waals surface area contributed by atoms with Gasteiger partial charge in [-0.25, -0.2) is 4.98 Å². The largest absolute Gasteiger partial charge is 0.343 e. The topological polar surface area (TPSA) is 100 Å². The highest BCUT2D eigenvalue weighted by molar-refractivity contribution is 5.98. The van der Waals surface area contributed by atoms with E-state index in [1.807, 2.05) is 30.7 Å². The van der Waals surface area contributed by atoms with Crippen molar-refractivity contribution in [3.05, 3.63) is 53.3 Å². The second-order valence-electron chi connectivity index (χ2n) is 9.83. The number of hydrogen-bond acceptors (Lipinski definition) is 8. The zero-order valence-electron chi connectivity index (χ0n) is 20.7. The maximum atomic E-state index is 13.1. The summed E-state index contributed by atoms with van der Waals surface area (Å²) in [6, 6.07) is 8.77. The predicted molar refractivity (Wildman–Crippen MR) is 134 cm³/mol. The van der Waals surface area contributed by atoms with Gasteiger partial charge in [-0.2, -0.15) is 9.97 Å². The van der Waals surface area contributed by atoms with Crippen LogP contribution in [-0.2, 0) is 13.0 Å². The average molecular weight is 476 g/mol. The molecule has 0 radical (unpaired) electrons. The van der Waals surface area contributed by atoms with Crippen molar-refractivity contribution in [3.8, 4) is 0 Å². The van der Waals surface area contributed by atoms with Gasteiger partial charge in [0.2, 0.25) is 12.3 Å².